The van der Waals surface area contributed by atoms with Gasteiger partial charge in [0.25, 0.3) is 10.0 Å². The van der Waals surface area contributed by atoms with Crippen LogP contribution in [0.2, 0.25) is 5.02 Å². The van der Waals surface area contributed by atoms with Crippen LogP contribution in [0.15, 0.2) is 52.3 Å². The number of benzene rings is 2. The van der Waals surface area contributed by atoms with Gasteiger partial charge < -0.3 is 5.73 Å². The molecule has 2 aromatic carbocycles. The number of sulfonamides is 1. The van der Waals surface area contributed by atoms with E-state index in [1.54, 1.807) is 18.2 Å². The summed E-state index contributed by atoms with van der Waals surface area (Å²) >= 11 is 7.39. The van der Waals surface area contributed by atoms with Crippen molar-refractivity contribution >= 4 is 44.8 Å². The normalized spacial score (nSPS) is 11.3. The fourth-order valence-electron chi connectivity index (χ4n) is 1.58. The van der Waals surface area contributed by atoms with Gasteiger partial charge in [-0.3, -0.25) is 4.72 Å². The lowest BCUT2D eigenvalue weighted by molar-refractivity contribution is 0.601. The highest BCUT2D eigenvalue weighted by atomic mass is 35.5. The van der Waals surface area contributed by atoms with Crippen LogP contribution in [0.4, 0.5) is 11.4 Å². The molecular weight excluding hydrogens is 316 g/mol. The maximum absolute atomic E-state index is 12.2. The number of nitrogen functional groups attached to an aromatic ring is 1. The Labute approximate surface area is 127 Å². The van der Waals surface area contributed by atoms with Crippen molar-refractivity contribution in [2.24, 2.45) is 0 Å². The minimum atomic E-state index is -3.68. The molecule has 0 aliphatic rings. The van der Waals surface area contributed by atoms with E-state index in [9.17, 15) is 8.42 Å². The van der Waals surface area contributed by atoms with Crippen LogP contribution in [0.25, 0.3) is 0 Å². The summed E-state index contributed by atoms with van der Waals surface area (Å²) in [5, 5.41) is 0.214. The Morgan fingerprint density at radius 3 is 2.60 bits per heavy atom. The Hall–Kier alpha value is -1.37. The molecule has 7 heteroatoms. The van der Waals surface area contributed by atoms with E-state index in [0.29, 0.717) is 11.4 Å². The first-order chi connectivity index (χ1) is 9.42. The molecule has 0 heterocycles. The van der Waals surface area contributed by atoms with Gasteiger partial charge in [-0.15, -0.1) is 11.8 Å². The summed E-state index contributed by atoms with van der Waals surface area (Å²) in [6.45, 7) is 0. The van der Waals surface area contributed by atoms with Crippen LogP contribution in [0.3, 0.4) is 0 Å². The lowest BCUT2D eigenvalue weighted by Crippen LogP contribution is -2.13. The van der Waals surface area contributed by atoms with Crippen LogP contribution in [0.1, 0.15) is 0 Å². The third kappa shape index (κ3) is 3.39. The molecule has 0 unspecified atom stereocenters. The van der Waals surface area contributed by atoms with Crippen molar-refractivity contribution in [1.29, 1.82) is 0 Å². The summed E-state index contributed by atoms with van der Waals surface area (Å²) in [5.74, 6) is 0. The van der Waals surface area contributed by atoms with Gasteiger partial charge in [-0.25, -0.2) is 8.42 Å². The summed E-state index contributed by atoms with van der Waals surface area (Å²) in [6, 6.07) is 11.4. The maximum Gasteiger partial charge on any atom is 0.261 e. The molecule has 106 valence electrons. The Bertz CT molecular complexity index is 733. The second-order valence-electron chi connectivity index (χ2n) is 4.02. The third-order valence-corrected chi connectivity index (χ3v) is 5.04. The number of nitrogens with two attached hydrogens (primary N) is 1. The van der Waals surface area contributed by atoms with Gasteiger partial charge in [0.2, 0.25) is 0 Å². The summed E-state index contributed by atoms with van der Waals surface area (Å²) in [4.78, 5) is 1.05. The SMILES string of the molecule is CSc1cccc(NS(=O)(=O)c2ccc(N)c(Cl)c2)c1. The number of nitrogens with one attached hydrogen (secondary N) is 1. The van der Waals surface area contributed by atoms with Crippen molar-refractivity contribution in [3.8, 4) is 0 Å². The molecule has 2 aromatic rings. The van der Waals surface area contributed by atoms with Crippen LogP contribution < -0.4 is 10.5 Å². The van der Waals surface area contributed by atoms with Crippen molar-refractivity contribution < 1.29 is 8.42 Å². The second kappa shape index (κ2) is 5.95. The largest absolute Gasteiger partial charge is 0.398 e. The molecule has 0 aliphatic heterocycles. The standard InChI is InChI=1S/C13H13ClN2O2S2/c1-19-10-4-2-3-9(7-10)16-20(17,18)11-5-6-13(15)12(14)8-11/h2-8,16H,15H2,1H3. The molecule has 0 aliphatic carbocycles. The van der Waals surface area contributed by atoms with Crippen LogP contribution in [0.5, 0.6) is 0 Å². The van der Waals surface area contributed by atoms with Gasteiger partial charge >= 0.3 is 0 Å². The van der Waals surface area contributed by atoms with E-state index in [1.165, 1.54) is 30.0 Å². The van der Waals surface area contributed by atoms with Crippen molar-refractivity contribution in [3.05, 3.63) is 47.5 Å². The van der Waals surface area contributed by atoms with Crippen molar-refractivity contribution in [3.63, 3.8) is 0 Å². The fourth-order valence-corrected chi connectivity index (χ4v) is 3.36. The highest BCUT2D eigenvalue weighted by molar-refractivity contribution is 7.98. The summed E-state index contributed by atoms with van der Waals surface area (Å²) < 4.78 is 27.0. The maximum atomic E-state index is 12.2. The third-order valence-electron chi connectivity index (χ3n) is 2.60. The first-order valence-electron chi connectivity index (χ1n) is 5.64. The quantitative estimate of drug-likeness (QED) is 0.666. The predicted octanol–water partition coefficient (Wildman–Crippen LogP) is 3.44. The molecule has 0 spiro atoms. The van der Waals surface area contributed by atoms with Crippen LogP contribution >= 0.6 is 23.4 Å². The Morgan fingerprint density at radius 1 is 1.20 bits per heavy atom. The van der Waals surface area contributed by atoms with Crippen LogP contribution in [0, 0.1) is 0 Å². The summed E-state index contributed by atoms with van der Waals surface area (Å²) in [7, 11) is -3.68. The minimum absolute atomic E-state index is 0.0752. The molecule has 0 radical (unpaired) electrons. The van der Waals surface area contributed by atoms with Gasteiger partial charge in [0.1, 0.15) is 0 Å². The zero-order valence-corrected chi connectivity index (χ0v) is 13.0. The molecule has 0 aromatic heterocycles. The van der Waals surface area contributed by atoms with Crippen molar-refractivity contribution in [1.82, 2.24) is 0 Å². The highest BCUT2D eigenvalue weighted by Gasteiger charge is 2.15. The molecule has 20 heavy (non-hydrogen) atoms. The molecule has 3 N–H and O–H groups in total. The average molecular weight is 329 g/mol. The van der Waals surface area contributed by atoms with E-state index < -0.39 is 10.0 Å². The molecule has 0 atom stereocenters. The number of rotatable bonds is 4. The molecular formula is C13H13ClN2O2S2. The summed E-state index contributed by atoms with van der Waals surface area (Å²) in [5.41, 5.74) is 6.42. The minimum Gasteiger partial charge on any atom is -0.398 e. The Kier molecular flexibility index (Phi) is 4.47. The number of anilines is 2. The van der Waals surface area contributed by atoms with E-state index in [1.807, 2.05) is 12.3 Å². The average Bonchev–Trinajstić information content (AvgIpc) is 2.41. The number of hydrogen-bond donors (Lipinski definition) is 2. The van der Waals surface area contributed by atoms with E-state index in [0.717, 1.165) is 4.90 Å². The number of hydrogen-bond acceptors (Lipinski definition) is 4. The van der Waals surface area contributed by atoms with Gasteiger partial charge in [-0.2, -0.15) is 0 Å². The molecule has 0 saturated heterocycles. The zero-order chi connectivity index (χ0) is 14.8. The van der Waals surface area contributed by atoms with Gasteiger partial charge in [0.15, 0.2) is 0 Å². The number of thioether (sulfide) groups is 1. The van der Waals surface area contributed by atoms with E-state index in [2.05, 4.69) is 4.72 Å². The smallest absolute Gasteiger partial charge is 0.261 e. The Morgan fingerprint density at radius 2 is 1.95 bits per heavy atom. The van der Waals surface area contributed by atoms with Gasteiger partial charge in [-0.1, -0.05) is 17.7 Å². The predicted molar refractivity (Wildman–Crippen MR) is 84.9 cm³/mol. The van der Waals surface area contributed by atoms with E-state index in [4.69, 9.17) is 17.3 Å². The molecule has 0 fully saturated rings. The Balaban J connectivity index is 2.32. The second-order valence-corrected chi connectivity index (χ2v) is 6.99. The summed E-state index contributed by atoms with van der Waals surface area (Å²) in [6.07, 6.45) is 1.92. The molecule has 0 amide bonds. The molecule has 0 bridgehead atoms. The monoisotopic (exact) mass is 328 g/mol. The lowest BCUT2D eigenvalue weighted by Gasteiger charge is -2.10. The van der Waals surface area contributed by atoms with E-state index in [-0.39, 0.29) is 9.92 Å². The fraction of sp³-hybridized carbons (Fsp3) is 0.0769. The topological polar surface area (TPSA) is 72.2 Å². The first-order valence-corrected chi connectivity index (χ1v) is 8.73. The first kappa shape index (κ1) is 15.0. The van der Waals surface area contributed by atoms with Crippen molar-refractivity contribution in [2.45, 2.75) is 9.79 Å². The van der Waals surface area contributed by atoms with Crippen LogP contribution in [-0.2, 0) is 10.0 Å². The van der Waals surface area contributed by atoms with Gasteiger partial charge in [-0.05, 0) is 42.7 Å². The molecule has 4 nitrogen and oxygen atoms in total. The lowest BCUT2D eigenvalue weighted by atomic mass is 10.3. The van der Waals surface area contributed by atoms with E-state index >= 15 is 0 Å². The van der Waals surface area contributed by atoms with Gasteiger partial charge in [0, 0.05) is 10.6 Å². The van der Waals surface area contributed by atoms with Crippen molar-refractivity contribution in [2.75, 3.05) is 16.7 Å². The zero-order valence-electron chi connectivity index (χ0n) is 10.6. The molecule has 0 saturated carbocycles. The van der Waals surface area contributed by atoms with Crippen LogP contribution in [-0.4, -0.2) is 14.7 Å². The highest BCUT2D eigenvalue weighted by Crippen LogP contribution is 2.25. The number of halogens is 1. The van der Waals surface area contributed by atoms with Gasteiger partial charge in [0.05, 0.1) is 15.6 Å². The molecule has 2 rings (SSSR count).